The first kappa shape index (κ1) is 17.5. The number of nitrogens with one attached hydrogen (secondary N) is 1. The Labute approximate surface area is 128 Å². The van der Waals surface area contributed by atoms with Gasteiger partial charge in [-0.15, -0.1) is 0 Å². The van der Waals surface area contributed by atoms with Crippen LogP contribution in [0.2, 0.25) is 0 Å². The van der Waals surface area contributed by atoms with Gasteiger partial charge in [-0.3, -0.25) is 4.79 Å². The molecule has 0 aliphatic carbocycles. The number of ether oxygens (including phenoxy) is 1. The molecular formula is C17H28N2O2. The number of amides is 1. The zero-order chi connectivity index (χ0) is 15.7. The third-order valence-corrected chi connectivity index (χ3v) is 3.40. The van der Waals surface area contributed by atoms with Gasteiger partial charge in [0.25, 0.3) is 0 Å². The van der Waals surface area contributed by atoms with Crippen LogP contribution in [0.4, 0.5) is 0 Å². The lowest BCUT2D eigenvalue weighted by molar-refractivity contribution is -0.124. The minimum absolute atomic E-state index is 0.0303. The van der Waals surface area contributed by atoms with Gasteiger partial charge in [0.05, 0.1) is 6.54 Å². The first-order valence-electron chi connectivity index (χ1n) is 7.72. The average molecular weight is 292 g/mol. The van der Waals surface area contributed by atoms with E-state index < -0.39 is 0 Å². The molecule has 118 valence electrons. The van der Waals surface area contributed by atoms with Gasteiger partial charge in [0.1, 0.15) is 12.4 Å². The van der Waals surface area contributed by atoms with Crippen LogP contribution in [0.25, 0.3) is 0 Å². The molecule has 0 spiro atoms. The summed E-state index contributed by atoms with van der Waals surface area (Å²) in [5, 5.41) is 2.91. The number of nitrogens with two attached hydrogens (primary N) is 1. The summed E-state index contributed by atoms with van der Waals surface area (Å²) in [5.41, 5.74) is 6.87. The monoisotopic (exact) mass is 292 g/mol. The molecule has 0 saturated carbocycles. The highest BCUT2D eigenvalue weighted by Gasteiger charge is 2.12. The normalized spacial score (nSPS) is 13.5. The molecule has 0 aromatic heterocycles. The summed E-state index contributed by atoms with van der Waals surface area (Å²) in [6, 6.07) is 8.11. The Morgan fingerprint density at radius 2 is 2.10 bits per heavy atom. The molecule has 3 N–H and O–H groups in total. The second-order valence-electron chi connectivity index (χ2n) is 5.77. The second-order valence-corrected chi connectivity index (χ2v) is 5.77. The van der Waals surface area contributed by atoms with Crippen molar-refractivity contribution in [1.82, 2.24) is 5.32 Å². The van der Waals surface area contributed by atoms with E-state index in [1.54, 1.807) is 0 Å². The minimum Gasteiger partial charge on any atom is -0.492 e. The van der Waals surface area contributed by atoms with Crippen molar-refractivity contribution in [2.75, 3.05) is 13.2 Å². The number of hydrogen-bond acceptors (Lipinski definition) is 3. The van der Waals surface area contributed by atoms with Crippen LogP contribution in [0.3, 0.4) is 0 Å². The summed E-state index contributed by atoms with van der Waals surface area (Å²) in [7, 11) is 0. The van der Waals surface area contributed by atoms with E-state index in [0.29, 0.717) is 13.2 Å². The van der Waals surface area contributed by atoms with Crippen LogP contribution in [-0.2, 0) is 4.79 Å². The predicted molar refractivity (Wildman–Crippen MR) is 86.3 cm³/mol. The van der Waals surface area contributed by atoms with Crippen molar-refractivity contribution in [3.05, 3.63) is 29.8 Å². The lowest BCUT2D eigenvalue weighted by atomic mass is 10.0. The Morgan fingerprint density at radius 1 is 1.33 bits per heavy atom. The molecule has 0 aliphatic heterocycles. The van der Waals surface area contributed by atoms with Gasteiger partial charge in [-0.2, -0.15) is 0 Å². The van der Waals surface area contributed by atoms with Crippen molar-refractivity contribution in [2.45, 2.75) is 46.1 Å². The van der Waals surface area contributed by atoms with Crippen LogP contribution in [0.15, 0.2) is 24.3 Å². The largest absolute Gasteiger partial charge is 0.492 e. The molecule has 4 nitrogen and oxygen atoms in total. The molecule has 1 aromatic rings. The van der Waals surface area contributed by atoms with Crippen LogP contribution in [0.1, 0.15) is 38.7 Å². The maximum atomic E-state index is 11.9. The topological polar surface area (TPSA) is 64.3 Å². The summed E-state index contributed by atoms with van der Waals surface area (Å²) < 4.78 is 5.60. The van der Waals surface area contributed by atoms with Crippen LogP contribution in [-0.4, -0.2) is 25.1 Å². The molecule has 2 atom stereocenters. The first-order valence-corrected chi connectivity index (χ1v) is 7.72. The predicted octanol–water partition coefficient (Wildman–Crippen LogP) is 2.64. The number of carbonyl (C=O) groups is 1. The summed E-state index contributed by atoms with van der Waals surface area (Å²) in [5.74, 6) is 0.962. The minimum atomic E-state index is 0.0303. The zero-order valence-electron chi connectivity index (χ0n) is 13.4. The van der Waals surface area contributed by atoms with Crippen molar-refractivity contribution in [2.24, 2.45) is 11.7 Å². The van der Waals surface area contributed by atoms with Gasteiger partial charge in [0.2, 0.25) is 5.91 Å². The van der Waals surface area contributed by atoms with Gasteiger partial charge < -0.3 is 15.8 Å². The molecule has 4 heteroatoms. The highest BCUT2D eigenvalue weighted by molar-refractivity contribution is 5.78. The Hall–Kier alpha value is -1.55. The smallest absolute Gasteiger partial charge is 0.222 e. The quantitative estimate of drug-likeness (QED) is 0.688. The fraction of sp³-hybridized carbons (Fsp3) is 0.588. The average Bonchev–Trinajstić information content (AvgIpc) is 2.43. The van der Waals surface area contributed by atoms with E-state index >= 15 is 0 Å². The standard InChI is InChI=1S/C17H28N2O2/c1-13-6-4-9-16(12-13)21-11-10-19-17(20)14(2)7-5-8-15(3)18/h4,6,9,12,14-15H,5,7-8,10-11,18H2,1-3H3,(H,19,20). The van der Waals surface area contributed by atoms with E-state index in [4.69, 9.17) is 10.5 Å². The highest BCUT2D eigenvalue weighted by Crippen LogP contribution is 2.12. The molecule has 0 bridgehead atoms. The Kier molecular flexibility index (Phi) is 7.83. The number of aryl methyl sites for hydroxylation is 1. The van der Waals surface area contributed by atoms with E-state index in [0.717, 1.165) is 25.0 Å². The summed E-state index contributed by atoms with van der Waals surface area (Å²) in [6.07, 6.45) is 2.84. The maximum Gasteiger partial charge on any atom is 0.222 e. The molecule has 1 rings (SSSR count). The van der Waals surface area contributed by atoms with Crippen LogP contribution >= 0.6 is 0 Å². The summed E-state index contributed by atoms with van der Waals surface area (Å²) >= 11 is 0. The van der Waals surface area contributed by atoms with E-state index in [9.17, 15) is 4.79 Å². The molecule has 0 heterocycles. The molecular weight excluding hydrogens is 264 g/mol. The van der Waals surface area contributed by atoms with Crippen molar-refractivity contribution < 1.29 is 9.53 Å². The fourth-order valence-electron chi connectivity index (χ4n) is 2.10. The van der Waals surface area contributed by atoms with Gasteiger partial charge in [-0.25, -0.2) is 0 Å². The Bertz CT molecular complexity index is 433. The Balaban J connectivity index is 2.15. The van der Waals surface area contributed by atoms with Crippen molar-refractivity contribution in [1.29, 1.82) is 0 Å². The third-order valence-electron chi connectivity index (χ3n) is 3.40. The van der Waals surface area contributed by atoms with Crippen molar-refractivity contribution in [3.63, 3.8) is 0 Å². The SMILES string of the molecule is Cc1cccc(OCCNC(=O)C(C)CCCC(C)N)c1. The van der Waals surface area contributed by atoms with Gasteiger partial charge in [0.15, 0.2) is 0 Å². The van der Waals surface area contributed by atoms with Crippen molar-refractivity contribution in [3.8, 4) is 5.75 Å². The number of benzene rings is 1. The van der Waals surface area contributed by atoms with Crippen molar-refractivity contribution >= 4 is 5.91 Å². The van der Waals surface area contributed by atoms with Gasteiger partial charge >= 0.3 is 0 Å². The molecule has 2 unspecified atom stereocenters. The third kappa shape index (κ3) is 7.71. The maximum absolute atomic E-state index is 11.9. The summed E-state index contributed by atoms with van der Waals surface area (Å²) in [6.45, 7) is 7.00. The molecule has 1 amide bonds. The van der Waals surface area contributed by atoms with Crippen LogP contribution in [0, 0.1) is 12.8 Å². The van der Waals surface area contributed by atoms with Crippen LogP contribution < -0.4 is 15.8 Å². The lowest BCUT2D eigenvalue weighted by Gasteiger charge is -2.13. The number of carbonyl (C=O) groups excluding carboxylic acids is 1. The van der Waals surface area contributed by atoms with E-state index in [1.807, 2.05) is 45.0 Å². The van der Waals surface area contributed by atoms with E-state index in [1.165, 1.54) is 5.56 Å². The highest BCUT2D eigenvalue weighted by atomic mass is 16.5. The van der Waals surface area contributed by atoms with Gasteiger partial charge in [-0.05, 0) is 44.4 Å². The number of hydrogen-bond donors (Lipinski definition) is 2. The van der Waals surface area contributed by atoms with E-state index in [-0.39, 0.29) is 17.9 Å². The fourth-order valence-corrected chi connectivity index (χ4v) is 2.10. The van der Waals surface area contributed by atoms with E-state index in [2.05, 4.69) is 5.32 Å². The van der Waals surface area contributed by atoms with Gasteiger partial charge in [-0.1, -0.05) is 25.5 Å². The molecule has 0 fully saturated rings. The molecule has 0 aliphatic rings. The second kappa shape index (κ2) is 9.40. The molecule has 0 saturated heterocycles. The number of rotatable bonds is 9. The zero-order valence-corrected chi connectivity index (χ0v) is 13.4. The molecule has 21 heavy (non-hydrogen) atoms. The molecule has 0 radical (unpaired) electrons. The lowest BCUT2D eigenvalue weighted by Crippen LogP contribution is -2.32. The van der Waals surface area contributed by atoms with Gasteiger partial charge in [0, 0.05) is 12.0 Å². The summed E-state index contributed by atoms with van der Waals surface area (Å²) in [4.78, 5) is 11.9. The first-order chi connectivity index (χ1) is 9.99. The van der Waals surface area contributed by atoms with Crippen LogP contribution in [0.5, 0.6) is 5.75 Å². The molecule has 1 aromatic carbocycles. The Morgan fingerprint density at radius 3 is 2.76 bits per heavy atom.